The standard InChI is InChI=1S/C15H24N4O2/c1-5-10-19(11-9-16)13(20)8-6-7-12-17-14(18-21-12)15(2,3)4/h5-8,10-11H2,1-4H3. The Kier molecular flexibility index (Phi) is 6.35. The minimum atomic E-state index is -0.137. The zero-order valence-electron chi connectivity index (χ0n) is 13.3. The lowest BCUT2D eigenvalue weighted by Crippen LogP contribution is -2.31. The third-order valence-electron chi connectivity index (χ3n) is 3.03. The van der Waals surface area contributed by atoms with Crippen LogP contribution in [0.4, 0.5) is 0 Å². The first-order chi connectivity index (χ1) is 9.88. The largest absolute Gasteiger partial charge is 0.339 e. The highest BCUT2D eigenvalue weighted by Gasteiger charge is 2.21. The van der Waals surface area contributed by atoms with Crippen LogP contribution in [0.3, 0.4) is 0 Å². The van der Waals surface area contributed by atoms with Crippen LogP contribution in [-0.2, 0) is 16.6 Å². The molecular formula is C15H24N4O2. The van der Waals surface area contributed by atoms with Crippen molar-refractivity contribution in [1.82, 2.24) is 15.0 Å². The second-order valence-corrected chi connectivity index (χ2v) is 6.09. The Hall–Kier alpha value is -1.90. The molecule has 0 aliphatic heterocycles. The zero-order valence-corrected chi connectivity index (χ0v) is 13.3. The average molecular weight is 292 g/mol. The summed E-state index contributed by atoms with van der Waals surface area (Å²) in [5.41, 5.74) is -0.137. The van der Waals surface area contributed by atoms with Gasteiger partial charge in [0.15, 0.2) is 5.82 Å². The van der Waals surface area contributed by atoms with E-state index >= 15 is 0 Å². The van der Waals surface area contributed by atoms with E-state index in [0.717, 1.165) is 6.42 Å². The van der Waals surface area contributed by atoms with Crippen LogP contribution < -0.4 is 0 Å². The minimum absolute atomic E-state index is 0.00830. The normalized spacial score (nSPS) is 11.2. The quantitative estimate of drug-likeness (QED) is 0.721. The van der Waals surface area contributed by atoms with E-state index in [4.69, 9.17) is 9.78 Å². The first-order valence-corrected chi connectivity index (χ1v) is 7.36. The van der Waals surface area contributed by atoms with Gasteiger partial charge in [0.1, 0.15) is 6.54 Å². The predicted molar refractivity (Wildman–Crippen MR) is 78.4 cm³/mol. The highest BCUT2D eigenvalue weighted by Crippen LogP contribution is 2.19. The number of carbonyl (C=O) groups excluding carboxylic acids is 1. The molecule has 1 rings (SSSR count). The Morgan fingerprint density at radius 3 is 2.67 bits per heavy atom. The molecule has 0 aliphatic rings. The minimum Gasteiger partial charge on any atom is -0.339 e. The van der Waals surface area contributed by atoms with Gasteiger partial charge in [-0.2, -0.15) is 10.2 Å². The van der Waals surface area contributed by atoms with Gasteiger partial charge in [0.2, 0.25) is 11.8 Å². The molecular weight excluding hydrogens is 268 g/mol. The van der Waals surface area contributed by atoms with Crippen LogP contribution in [-0.4, -0.2) is 34.0 Å². The van der Waals surface area contributed by atoms with Crippen LogP contribution in [0.15, 0.2) is 4.52 Å². The molecule has 0 atom stereocenters. The Bertz CT molecular complexity index is 497. The van der Waals surface area contributed by atoms with Crippen molar-refractivity contribution in [2.24, 2.45) is 0 Å². The van der Waals surface area contributed by atoms with E-state index in [1.165, 1.54) is 0 Å². The number of carbonyl (C=O) groups is 1. The lowest BCUT2D eigenvalue weighted by atomic mass is 9.96. The molecule has 0 saturated carbocycles. The molecule has 1 aromatic rings. The van der Waals surface area contributed by atoms with E-state index in [0.29, 0.717) is 37.5 Å². The van der Waals surface area contributed by atoms with Gasteiger partial charge in [0.05, 0.1) is 6.07 Å². The summed E-state index contributed by atoms with van der Waals surface area (Å²) in [7, 11) is 0. The molecule has 0 aromatic carbocycles. The van der Waals surface area contributed by atoms with Crippen molar-refractivity contribution in [3.05, 3.63) is 11.7 Å². The van der Waals surface area contributed by atoms with Crippen molar-refractivity contribution in [3.63, 3.8) is 0 Å². The smallest absolute Gasteiger partial charge is 0.226 e. The number of hydrogen-bond donors (Lipinski definition) is 0. The molecule has 0 aliphatic carbocycles. The van der Waals surface area contributed by atoms with Crippen molar-refractivity contribution >= 4 is 5.91 Å². The summed E-state index contributed by atoms with van der Waals surface area (Å²) >= 11 is 0. The molecule has 0 radical (unpaired) electrons. The molecule has 1 amide bonds. The number of rotatable bonds is 7. The van der Waals surface area contributed by atoms with E-state index in [1.54, 1.807) is 4.90 Å². The summed E-state index contributed by atoms with van der Waals surface area (Å²) in [6.45, 7) is 8.84. The third-order valence-corrected chi connectivity index (χ3v) is 3.03. The lowest BCUT2D eigenvalue weighted by Gasteiger charge is -2.18. The van der Waals surface area contributed by atoms with E-state index in [9.17, 15) is 4.79 Å². The summed E-state index contributed by atoms with van der Waals surface area (Å²) < 4.78 is 5.19. The van der Waals surface area contributed by atoms with Gasteiger partial charge < -0.3 is 9.42 Å². The van der Waals surface area contributed by atoms with Crippen molar-refractivity contribution in [3.8, 4) is 6.07 Å². The van der Waals surface area contributed by atoms with Gasteiger partial charge in [0.25, 0.3) is 0 Å². The molecule has 0 saturated heterocycles. The van der Waals surface area contributed by atoms with E-state index in [1.807, 2.05) is 33.8 Å². The summed E-state index contributed by atoms with van der Waals surface area (Å²) in [5.74, 6) is 1.25. The monoisotopic (exact) mass is 292 g/mol. The van der Waals surface area contributed by atoms with Gasteiger partial charge in [-0.25, -0.2) is 0 Å². The zero-order chi connectivity index (χ0) is 15.9. The van der Waals surface area contributed by atoms with E-state index in [-0.39, 0.29) is 17.9 Å². The number of aromatic nitrogens is 2. The van der Waals surface area contributed by atoms with Crippen molar-refractivity contribution < 1.29 is 9.32 Å². The first kappa shape index (κ1) is 17.2. The molecule has 116 valence electrons. The predicted octanol–water partition coefficient (Wildman–Crippen LogP) is 2.45. The summed E-state index contributed by atoms with van der Waals surface area (Å²) in [6, 6.07) is 2.03. The summed E-state index contributed by atoms with van der Waals surface area (Å²) in [5, 5.41) is 12.7. The number of amides is 1. The molecule has 1 heterocycles. The fraction of sp³-hybridized carbons (Fsp3) is 0.733. The molecule has 0 unspecified atom stereocenters. The van der Waals surface area contributed by atoms with Crippen LogP contribution in [0.5, 0.6) is 0 Å². The highest BCUT2D eigenvalue weighted by molar-refractivity contribution is 5.76. The van der Waals surface area contributed by atoms with E-state index < -0.39 is 0 Å². The van der Waals surface area contributed by atoms with Crippen LogP contribution in [0.2, 0.25) is 0 Å². The Labute approximate surface area is 126 Å². The molecule has 6 nitrogen and oxygen atoms in total. The van der Waals surface area contributed by atoms with E-state index in [2.05, 4.69) is 10.1 Å². The molecule has 0 bridgehead atoms. The van der Waals surface area contributed by atoms with Gasteiger partial charge in [0, 0.05) is 24.8 Å². The molecule has 21 heavy (non-hydrogen) atoms. The fourth-order valence-corrected chi connectivity index (χ4v) is 1.86. The van der Waals surface area contributed by atoms with Gasteiger partial charge in [-0.05, 0) is 12.8 Å². The van der Waals surface area contributed by atoms with Crippen LogP contribution in [0.1, 0.15) is 58.7 Å². The van der Waals surface area contributed by atoms with Crippen molar-refractivity contribution in [2.75, 3.05) is 13.1 Å². The molecule has 0 spiro atoms. The highest BCUT2D eigenvalue weighted by atomic mass is 16.5. The number of hydrogen-bond acceptors (Lipinski definition) is 5. The fourth-order valence-electron chi connectivity index (χ4n) is 1.86. The molecule has 6 heteroatoms. The topological polar surface area (TPSA) is 83.0 Å². The van der Waals surface area contributed by atoms with Gasteiger partial charge in [-0.1, -0.05) is 32.9 Å². The van der Waals surface area contributed by atoms with Crippen molar-refractivity contribution in [1.29, 1.82) is 5.26 Å². The van der Waals surface area contributed by atoms with Crippen LogP contribution >= 0.6 is 0 Å². The van der Waals surface area contributed by atoms with Gasteiger partial charge in [-0.15, -0.1) is 0 Å². The van der Waals surface area contributed by atoms with Crippen LogP contribution in [0.25, 0.3) is 0 Å². The third kappa shape index (κ3) is 5.54. The number of aryl methyl sites for hydroxylation is 1. The average Bonchev–Trinajstić information content (AvgIpc) is 2.87. The molecule has 0 fully saturated rings. The summed E-state index contributed by atoms with van der Waals surface area (Å²) in [6.07, 6.45) is 2.48. The Morgan fingerprint density at radius 1 is 1.43 bits per heavy atom. The summed E-state index contributed by atoms with van der Waals surface area (Å²) in [4.78, 5) is 17.9. The van der Waals surface area contributed by atoms with Crippen LogP contribution in [0, 0.1) is 11.3 Å². The second kappa shape index (κ2) is 7.77. The molecule has 0 N–H and O–H groups in total. The molecule has 1 aromatic heterocycles. The Balaban J connectivity index is 2.44. The van der Waals surface area contributed by atoms with Gasteiger partial charge >= 0.3 is 0 Å². The number of nitriles is 1. The first-order valence-electron chi connectivity index (χ1n) is 7.36. The van der Waals surface area contributed by atoms with Crippen molar-refractivity contribution in [2.45, 2.75) is 58.8 Å². The SMILES string of the molecule is CCCN(CC#N)C(=O)CCCc1nc(C(C)(C)C)no1. The maximum Gasteiger partial charge on any atom is 0.226 e. The second-order valence-electron chi connectivity index (χ2n) is 6.09. The maximum absolute atomic E-state index is 12.0. The maximum atomic E-state index is 12.0. The number of nitrogens with zero attached hydrogens (tertiary/aromatic N) is 4. The van der Waals surface area contributed by atoms with Gasteiger partial charge in [-0.3, -0.25) is 4.79 Å². The lowest BCUT2D eigenvalue weighted by molar-refractivity contribution is -0.130. The Morgan fingerprint density at radius 2 is 2.14 bits per heavy atom.